The average molecular weight is 582 g/mol. The maximum Gasteiger partial charge on any atom is 0.242 e. The van der Waals surface area contributed by atoms with Gasteiger partial charge in [-0.05, 0) is 55.7 Å². The second-order valence-electron chi connectivity index (χ2n) is 9.04. The van der Waals surface area contributed by atoms with Crippen molar-refractivity contribution in [1.29, 1.82) is 0 Å². The minimum absolute atomic E-state index is 0.101. The van der Waals surface area contributed by atoms with Crippen LogP contribution >= 0.6 is 19.7 Å². The molecule has 8 heteroatoms. The van der Waals surface area contributed by atoms with Crippen molar-refractivity contribution >= 4 is 51.3 Å². The Kier molecular flexibility index (Phi) is 10.2. The highest BCUT2D eigenvalue weighted by molar-refractivity contribution is 7.90. The Bertz CT molecular complexity index is 1580. The SMILES string of the molecule is C/C=C\C/C=C\CS(=O)(=O)n1c(C)c(P(OC)c2cccc(COCc3ccccc3)c2)c2cc(Cl)ccc21. The second-order valence-corrected chi connectivity index (χ2v) is 13.3. The molecule has 0 aliphatic carbocycles. The fraction of sp³-hybridized carbons (Fsp3) is 0.226. The van der Waals surface area contributed by atoms with E-state index in [0.29, 0.717) is 35.9 Å². The van der Waals surface area contributed by atoms with Gasteiger partial charge < -0.3 is 9.26 Å². The van der Waals surface area contributed by atoms with E-state index in [0.717, 1.165) is 27.1 Å². The van der Waals surface area contributed by atoms with Crippen molar-refractivity contribution in [3.63, 3.8) is 0 Å². The Hall–Kier alpha value is -2.73. The van der Waals surface area contributed by atoms with Crippen LogP contribution in [0.25, 0.3) is 10.9 Å². The molecule has 0 saturated carbocycles. The summed E-state index contributed by atoms with van der Waals surface area (Å²) in [6.45, 7) is 4.76. The lowest BCUT2D eigenvalue weighted by atomic mass is 10.2. The van der Waals surface area contributed by atoms with Gasteiger partial charge in [-0.3, -0.25) is 0 Å². The summed E-state index contributed by atoms with van der Waals surface area (Å²) in [5.41, 5.74) is 3.37. The van der Waals surface area contributed by atoms with Crippen molar-refractivity contribution in [3.05, 3.63) is 119 Å². The van der Waals surface area contributed by atoms with Gasteiger partial charge in [0.2, 0.25) is 10.0 Å². The van der Waals surface area contributed by atoms with Crippen LogP contribution < -0.4 is 10.6 Å². The van der Waals surface area contributed by atoms with Crippen LogP contribution in [0.1, 0.15) is 30.2 Å². The number of rotatable bonds is 12. The second kappa shape index (κ2) is 13.6. The molecular weight excluding hydrogens is 549 g/mol. The van der Waals surface area contributed by atoms with Crippen LogP contribution in [0.2, 0.25) is 5.02 Å². The molecule has 0 bridgehead atoms. The van der Waals surface area contributed by atoms with Gasteiger partial charge in [0.1, 0.15) is 0 Å². The average Bonchev–Trinajstić information content (AvgIpc) is 3.21. The first-order chi connectivity index (χ1) is 18.9. The van der Waals surface area contributed by atoms with Crippen molar-refractivity contribution < 1.29 is 17.7 Å². The van der Waals surface area contributed by atoms with Crippen molar-refractivity contribution in [3.8, 4) is 0 Å². The van der Waals surface area contributed by atoms with Gasteiger partial charge in [0.25, 0.3) is 0 Å². The minimum Gasteiger partial charge on any atom is -0.372 e. The topological polar surface area (TPSA) is 57.5 Å². The van der Waals surface area contributed by atoms with E-state index >= 15 is 0 Å². The van der Waals surface area contributed by atoms with Crippen molar-refractivity contribution in [1.82, 2.24) is 3.97 Å². The fourth-order valence-corrected chi connectivity index (χ4v) is 8.18. The zero-order valence-electron chi connectivity index (χ0n) is 22.4. The lowest BCUT2D eigenvalue weighted by Crippen LogP contribution is -2.20. The summed E-state index contributed by atoms with van der Waals surface area (Å²) in [4.78, 5) is 0. The molecule has 0 radical (unpaired) electrons. The van der Waals surface area contributed by atoms with Crippen LogP contribution in [-0.2, 0) is 32.5 Å². The highest BCUT2D eigenvalue weighted by Gasteiger charge is 2.28. The van der Waals surface area contributed by atoms with Crippen molar-refractivity contribution in [2.45, 2.75) is 33.5 Å². The summed E-state index contributed by atoms with van der Waals surface area (Å²) >= 11 is 6.40. The summed E-state index contributed by atoms with van der Waals surface area (Å²) in [6, 6.07) is 23.5. The molecule has 4 aromatic rings. The van der Waals surface area contributed by atoms with Gasteiger partial charge in [0.05, 0.1) is 32.6 Å². The van der Waals surface area contributed by atoms with E-state index in [4.69, 9.17) is 20.9 Å². The Morgan fingerprint density at radius 2 is 1.67 bits per heavy atom. The first-order valence-electron chi connectivity index (χ1n) is 12.7. The summed E-state index contributed by atoms with van der Waals surface area (Å²) < 4.78 is 40.6. The van der Waals surface area contributed by atoms with E-state index in [2.05, 4.69) is 6.07 Å². The Labute approximate surface area is 237 Å². The first-order valence-corrected chi connectivity index (χ1v) is 15.9. The number of hydrogen-bond donors (Lipinski definition) is 0. The molecule has 1 atom stereocenters. The van der Waals surface area contributed by atoms with Gasteiger partial charge in [-0.15, -0.1) is 0 Å². The molecule has 0 saturated heterocycles. The first kappa shape index (κ1) is 29.3. The number of nitrogens with zero attached hydrogens (tertiary/aromatic N) is 1. The Balaban J connectivity index is 1.68. The lowest BCUT2D eigenvalue weighted by molar-refractivity contribution is 0.107. The van der Waals surface area contributed by atoms with Gasteiger partial charge in [-0.2, -0.15) is 0 Å². The molecule has 0 amide bonds. The standard InChI is InChI=1S/C31H33ClNO4PS/c1-4-5-6-7-11-19-39(34,35)33-24(2)31(29-21-27(32)17-18-30(29)33)38(36-3)28-16-12-15-26(20-28)23-37-22-25-13-9-8-10-14-25/h4-5,7-18,20-21H,6,19,22-23H2,1-3H3/b5-4-,11-7-. The van der Waals surface area contributed by atoms with E-state index < -0.39 is 18.2 Å². The van der Waals surface area contributed by atoms with Crippen LogP contribution in [0.4, 0.5) is 0 Å². The third kappa shape index (κ3) is 7.08. The van der Waals surface area contributed by atoms with Crippen LogP contribution in [0.5, 0.6) is 0 Å². The van der Waals surface area contributed by atoms with E-state index in [9.17, 15) is 8.42 Å². The van der Waals surface area contributed by atoms with Crippen molar-refractivity contribution in [2.24, 2.45) is 0 Å². The summed E-state index contributed by atoms with van der Waals surface area (Å²) in [5, 5.41) is 3.13. The highest BCUT2D eigenvalue weighted by Crippen LogP contribution is 2.40. The van der Waals surface area contributed by atoms with Gasteiger partial charge in [0.15, 0.2) is 0 Å². The smallest absolute Gasteiger partial charge is 0.242 e. The lowest BCUT2D eigenvalue weighted by Gasteiger charge is -2.18. The number of ether oxygens (including phenoxy) is 1. The molecule has 1 heterocycles. The maximum absolute atomic E-state index is 13.5. The molecule has 4 rings (SSSR count). The number of aromatic nitrogens is 1. The normalized spacial score (nSPS) is 13.1. The molecule has 204 valence electrons. The molecule has 39 heavy (non-hydrogen) atoms. The maximum atomic E-state index is 13.5. The monoisotopic (exact) mass is 581 g/mol. The van der Waals surface area contributed by atoms with Gasteiger partial charge in [-0.25, -0.2) is 12.4 Å². The van der Waals surface area contributed by atoms with Crippen LogP contribution in [0.15, 0.2) is 97.1 Å². The van der Waals surface area contributed by atoms with E-state index in [1.54, 1.807) is 25.3 Å². The van der Waals surface area contributed by atoms with Gasteiger partial charge in [0, 0.05) is 33.8 Å². The fourth-order valence-electron chi connectivity index (χ4n) is 4.50. The van der Waals surface area contributed by atoms with E-state index in [-0.39, 0.29) is 5.75 Å². The number of allylic oxidation sites excluding steroid dienone is 3. The number of fused-ring (bicyclic) bond motifs is 1. The third-order valence-corrected chi connectivity index (χ3v) is 10.2. The van der Waals surface area contributed by atoms with Crippen LogP contribution in [0.3, 0.4) is 0 Å². The number of benzene rings is 3. The summed E-state index contributed by atoms with van der Waals surface area (Å²) in [7, 11) is -3.34. The number of halogens is 1. The van der Waals surface area contributed by atoms with Crippen molar-refractivity contribution in [2.75, 3.05) is 12.9 Å². The third-order valence-electron chi connectivity index (χ3n) is 6.25. The highest BCUT2D eigenvalue weighted by atomic mass is 35.5. The molecule has 1 unspecified atom stereocenters. The molecule has 0 aliphatic rings. The van der Waals surface area contributed by atoms with Gasteiger partial charge in [-0.1, -0.05) is 84.4 Å². The largest absolute Gasteiger partial charge is 0.372 e. The van der Waals surface area contributed by atoms with E-state index in [1.807, 2.05) is 86.7 Å². The molecule has 0 N–H and O–H groups in total. The quantitative estimate of drug-likeness (QED) is 0.133. The molecule has 5 nitrogen and oxygen atoms in total. The zero-order chi connectivity index (χ0) is 27.8. The van der Waals surface area contributed by atoms with Gasteiger partial charge >= 0.3 is 0 Å². The van der Waals surface area contributed by atoms with E-state index in [1.165, 1.54) is 3.97 Å². The minimum atomic E-state index is -3.67. The predicted molar refractivity (Wildman–Crippen MR) is 164 cm³/mol. The molecule has 0 spiro atoms. The molecule has 0 aliphatic heterocycles. The molecule has 0 fully saturated rings. The predicted octanol–water partition coefficient (Wildman–Crippen LogP) is 7.01. The summed E-state index contributed by atoms with van der Waals surface area (Å²) in [6.07, 6.45) is 8.18. The molecular formula is C31H33ClNO4PS. The Morgan fingerprint density at radius 3 is 2.41 bits per heavy atom. The van der Waals surface area contributed by atoms with Crippen LogP contribution in [-0.4, -0.2) is 25.3 Å². The molecule has 1 aromatic heterocycles. The zero-order valence-corrected chi connectivity index (χ0v) is 24.8. The Morgan fingerprint density at radius 1 is 0.923 bits per heavy atom. The summed E-state index contributed by atoms with van der Waals surface area (Å²) in [5.74, 6) is -0.101. The molecule has 3 aromatic carbocycles. The number of hydrogen-bond acceptors (Lipinski definition) is 4. The van der Waals surface area contributed by atoms with Crippen LogP contribution in [0, 0.1) is 6.92 Å².